The zero-order chi connectivity index (χ0) is 27.0. The van der Waals surface area contributed by atoms with Gasteiger partial charge in [0.1, 0.15) is 0 Å². The first-order chi connectivity index (χ1) is 19.1. The maximum absolute atomic E-state index is 13.6. The van der Waals surface area contributed by atoms with Crippen molar-refractivity contribution in [2.45, 2.75) is 31.7 Å². The first-order valence-corrected chi connectivity index (χ1v) is 14.4. The van der Waals surface area contributed by atoms with Gasteiger partial charge in [-0.2, -0.15) is 0 Å². The number of hydrogen-bond acceptors (Lipinski definition) is 5. The number of hydrogen-bond donors (Lipinski definition) is 2. The number of rotatable bonds is 9. The van der Waals surface area contributed by atoms with E-state index in [1.807, 2.05) is 41.3 Å². The van der Waals surface area contributed by atoms with Gasteiger partial charge in [-0.1, -0.05) is 84.1 Å². The molecule has 7 nitrogen and oxygen atoms in total. The van der Waals surface area contributed by atoms with Crippen molar-refractivity contribution in [1.29, 1.82) is 0 Å². The lowest BCUT2D eigenvalue weighted by atomic mass is 9.88. The third-order valence-electron chi connectivity index (χ3n) is 7.30. The summed E-state index contributed by atoms with van der Waals surface area (Å²) in [4.78, 5) is 35.0. The summed E-state index contributed by atoms with van der Waals surface area (Å²) in [5.74, 6) is 0.221. The van der Waals surface area contributed by atoms with Crippen molar-refractivity contribution in [3.8, 4) is 0 Å². The molecule has 1 unspecified atom stereocenters. The van der Waals surface area contributed by atoms with E-state index in [0.29, 0.717) is 31.2 Å². The fraction of sp³-hybridized carbons (Fsp3) is 0.323. The second kappa shape index (κ2) is 12.9. The van der Waals surface area contributed by atoms with Gasteiger partial charge in [0.05, 0.1) is 10.2 Å². The highest BCUT2D eigenvalue weighted by Crippen LogP contribution is 2.29. The van der Waals surface area contributed by atoms with Crippen LogP contribution in [0.15, 0.2) is 84.9 Å². The summed E-state index contributed by atoms with van der Waals surface area (Å²) in [5.41, 5.74) is 3.28. The number of carbonyl (C=O) groups excluding carboxylic acids is 2. The second-order valence-corrected chi connectivity index (χ2v) is 11.0. The maximum atomic E-state index is 13.6. The molecule has 0 spiro atoms. The van der Waals surface area contributed by atoms with Crippen LogP contribution in [0.3, 0.4) is 0 Å². The normalized spacial score (nSPS) is 15.4. The van der Waals surface area contributed by atoms with Gasteiger partial charge in [-0.3, -0.25) is 10.1 Å². The van der Waals surface area contributed by atoms with E-state index in [9.17, 15) is 9.59 Å². The van der Waals surface area contributed by atoms with Crippen molar-refractivity contribution >= 4 is 38.6 Å². The second-order valence-electron chi connectivity index (χ2n) is 9.96. The Balaban J connectivity index is 1.33. The molecule has 39 heavy (non-hydrogen) atoms. The minimum Gasteiger partial charge on any atom is -0.337 e. The molecule has 0 aliphatic carbocycles. The standard InChI is InChI=1S/C31H35N5O2S/c1-23-22-32-18-21-36(23)29(37)17-20-35(31(38)34-30-33-27-14-8-9-15-28(27)39-30)19-16-26(24-10-4-2-5-11-24)25-12-6-3-7-13-25/h2-15,23,26,32H,16-22H2,1H3,(H,33,34,38). The van der Waals surface area contributed by atoms with Crippen LogP contribution < -0.4 is 10.6 Å². The molecule has 3 amide bonds. The first kappa shape index (κ1) is 26.8. The third kappa shape index (κ3) is 6.82. The summed E-state index contributed by atoms with van der Waals surface area (Å²) >= 11 is 1.46. The largest absolute Gasteiger partial charge is 0.337 e. The zero-order valence-corrected chi connectivity index (χ0v) is 23.1. The molecule has 1 aliphatic heterocycles. The van der Waals surface area contributed by atoms with Gasteiger partial charge in [0.15, 0.2) is 5.13 Å². The molecule has 1 aromatic heterocycles. The minimum absolute atomic E-state index is 0.0875. The number of carbonyl (C=O) groups is 2. The topological polar surface area (TPSA) is 77.6 Å². The molecule has 1 atom stereocenters. The molecule has 202 valence electrons. The van der Waals surface area contributed by atoms with Crippen LogP contribution in [0.25, 0.3) is 10.2 Å². The van der Waals surface area contributed by atoms with E-state index >= 15 is 0 Å². The van der Waals surface area contributed by atoms with Crippen LogP contribution in [0, 0.1) is 0 Å². The molecule has 0 saturated carbocycles. The molecule has 0 radical (unpaired) electrons. The number of thiazole rings is 1. The van der Waals surface area contributed by atoms with Crippen LogP contribution in [0.2, 0.25) is 0 Å². The average molecular weight is 542 g/mol. The fourth-order valence-corrected chi connectivity index (χ4v) is 6.03. The lowest BCUT2D eigenvalue weighted by Crippen LogP contribution is -2.52. The van der Waals surface area contributed by atoms with Crippen molar-refractivity contribution in [2.75, 3.05) is 38.0 Å². The predicted molar refractivity (Wildman–Crippen MR) is 158 cm³/mol. The number of anilines is 1. The maximum Gasteiger partial charge on any atom is 0.323 e. The lowest BCUT2D eigenvalue weighted by Gasteiger charge is -2.34. The number of urea groups is 1. The Bertz CT molecular complexity index is 1310. The van der Waals surface area contributed by atoms with Crippen LogP contribution in [-0.4, -0.2) is 65.5 Å². The SMILES string of the molecule is CC1CNCCN1C(=O)CCN(CCC(c1ccccc1)c1ccccc1)C(=O)Nc1nc2ccccc2s1. The molecular weight excluding hydrogens is 506 g/mol. The van der Waals surface area contributed by atoms with E-state index in [-0.39, 0.29) is 23.9 Å². The summed E-state index contributed by atoms with van der Waals surface area (Å²) in [7, 11) is 0. The number of nitrogens with one attached hydrogen (secondary N) is 2. The van der Waals surface area contributed by atoms with E-state index in [1.165, 1.54) is 22.5 Å². The Labute approximate surface area is 233 Å². The Kier molecular flexibility index (Phi) is 8.85. The molecule has 2 heterocycles. The Morgan fingerprint density at radius 1 is 1.00 bits per heavy atom. The molecule has 2 N–H and O–H groups in total. The van der Waals surface area contributed by atoms with Gasteiger partial charge < -0.3 is 15.1 Å². The van der Waals surface area contributed by atoms with Crippen LogP contribution in [0.4, 0.5) is 9.93 Å². The molecule has 1 aliphatic rings. The molecule has 4 aromatic rings. The van der Waals surface area contributed by atoms with Crippen molar-refractivity contribution in [2.24, 2.45) is 0 Å². The van der Waals surface area contributed by atoms with E-state index in [4.69, 9.17) is 0 Å². The number of benzene rings is 3. The molecule has 5 rings (SSSR count). The number of nitrogens with zero attached hydrogens (tertiary/aromatic N) is 3. The van der Waals surface area contributed by atoms with Crippen LogP contribution in [0.5, 0.6) is 0 Å². The van der Waals surface area contributed by atoms with Gasteiger partial charge in [-0.15, -0.1) is 0 Å². The summed E-state index contributed by atoms with van der Waals surface area (Å²) in [6, 6.07) is 28.6. The van der Waals surface area contributed by atoms with Gasteiger partial charge in [-0.25, -0.2) is 9.78 Å². The number of aromatic nitrogens is 1. The smallest absolute Gasteiger partial charge is 0.323 e. The molecule has 1 saturated heterocycles. The fourth-order valence-electron chi connectivity index (χ4n) is 5.18. The quantitative estimate of drug-likeness (QED) is 0.291. The highest BCUT2D eigenvalue weighted by atomic mass is 32.1. The van der Waals surface area contributed by atoms with Gasteiger partial charge >= 0.3 is 6.03 Å². The van der Waals surface area contributed by atoms with Crippen LogP contribution in [-0.2, 0) is 4.79 Å². The van der Waals surface area contributed by atoms with Crippen LogP contribution >= 0.6 is 11.3 Å². The summed E-state index contributed by atoms with van der Waals surface area (Å²) in [6.45, 7) is 5.21. The Morgan fingerprint density at radius 3 is 2.33 bits per heavy atom. The number of para-hydroxylation sites is 1. The molecule has 8 heteroatoms. The van der Waals surface area contributed by atoms with Crippen molar-refractivity contribution < 1.29 is 9.59 Å². The Morgan fingerprint density at radius 2 is 1.67 bits per heavy atom. The Hall–Kier alpha value is -3.75. The number of amides is 3. The number of fused-ring (bicyclic) bond motifs is 1. The predicted octanol–water partition coefficient (Wildman–Crippen LogP) is 5.56. The van der Waals surface area contributed by atoms with Crippen molar-refractivity contribution in [1.82, 2.24) is 20.1 Å². The summed E-state index contributed by atoms with van der Waals surface area (Å²) in [5, 5.41) is 6.90. The average Bonchev–Trinajstić information content (AvgIpc) is 3.38. The van der Waals surface area contributed by atoms with E-state index in [2.05, 4.69) is 71.1 Å². The number of piperazine rings is 1. The van der Waals surface area contributed by atoms with E-state index in [0.717, 1.165) is 29.7 Å². The van der Waals surface area contributed by atoms with Gasteiger partial charge in [-0.05, 0) is 36.6 Å². The van der Waals surface area contributed by atoms with Gasteiger partial charge in [0.2, 0.25) is 5.91 Å². The van der Waals surface area contributed by atoms with E-state index in [1.54, 1.807) is 4.90 Å². The first-order valence-electron chi connectivity index (χ1n) is 13.6. The minimum atomic E-state index is -0.227. The highest BCUT2D eigenvalue weighted by molar-refractivity contribution is 7.22. The highest BCUT2D eigenvalue weighted by Gasteiger charge is 2.25. The lowest BCUT2D eigenvalue weighted by molar-refractivity contribution is -0.134. The summed E-state index contributed by atoms with van der Waals surface area (Å²) < 4.78 is 1.02. The van der Waals surface area contributed by atoms with Gasteiger partial charge in [0.25, 0.3) is 0 Å². The molecular formula is C31H35N5O2S. The third-order valence-corrected chi connectivity index (χ3v) is 8.26. The molecule has 3 aromatic carbocycles. The molecule has 0 bridgehead atoms. The van der Waals surface area contributed by atoms with Crippen LogP contribution in [0.1, 0.15) is 36.8 Å². The van der Waals surface area contributed by atoms with Crippen molar-refractivity contribution in [3.05, 3.63) is 96.1 Å². The zero-order valence-electron chi connectivity index (χ0n) is 22.3. The monoisotopic (exact) mass is 541 g/mol. The van der Waals surface area contributed by atoms with E-state index < -0.39 is 0 Å². The van der Waals surface area contributed by atoms with Gasteiger partial charge in [0, 0.05) is 51.1 Å². The molecule has 1 fully saturated rings. The van der Waals surface area contributed by atoms with Crippen molar-refractivity contribution in [3.63, 3.8) is 0 Å². The summed E-state index contributed by atoms with van der Waals surface area (Å²) in [6.07, 6.45) is 1.03.